The lowest BCUT2D eigenvalue weighted by atomic mass is 10.1. The summed E-state index contributed by atoms with van der Waals surface area (Å²) >= 11 is 6.03. The van der Waals surface area contributed by atoms with Gasteiger partial charge in [-0.05, 0) is 62.1 Å². The summed E-state index contributed by atoms with van der Waals surface area (Å²) in [6.45, 7) is 8.02. The number of aryl methyl sites for hydroxylation is 3. The lowest BCUT2D eigenvalue weighted by molar-refractivity contribution is 0.234. The van der Waals surface area contributed by atoms with Gasteiger partial charge in [-0.15, -0.1) is 0 Å². The first-order chi connectivity index (χ1) is 10.9. The average molecular weight is 333 g/mol. The van der Waals surface area contributed by atoms with Crippen LogP contribution in [0.3, 0.4) is 0 Å². The number of benzene rings is 2. The van der Waals surface area contributed by atoms with Crippen LogP contribution >= 0.6 is 11.6 Å². The Labute approximate surface area is 141 Å². The smallest absolute Gasteiger partial charge is 0.321 e. The molecule has 0 unspecified atom stereocenters. The van der Waals surface area contributed by atoms with Gasteiger partial charge >= 0.3 is 6.03 Å². The van der Waals surface area contributed by atoms with Gasteiger partial charge in [-0.3, -0.25) is 0 Å². The summed E-state index contributed by atoms with van der Waals surface area (Å²) in [5, 5.41) is 6.01. The van der Waals surface area contributed by atoms with Crippen LogP contribution < -0.4 is 15.4 Å². The number of nitrogens with one attached hydrogen (secondary N) is 2. The predicted octanol–water partition coefficient (Wildman–Crippen LogP) is 4.73. The average Bonchev–Trinajstić information content (AvgIpc) is 2.50. The number of amides is 2. The molecule has 0 atom stereocenters. The Kier molecular flexibility index (Phi) is 5.50. The lowest BCUT2D eigenvalue weighted by Gasteiger charge is -2.15. The van der Waals surface area contributed by atoms with Crippen LogP contribution in [0.4, 0.5) is 10.5 Å². The van der Waals surface area contributed by atoms with Crippen molar-refractivity contribution in [1.82, 2.24) is 5.32 Å². The molecular weight excluding hydrogens is 312 g/mol. The van der Waals surface area contributed by atoms with Gasteiger partial charge in [0.1, 0.15) is 5.75 Å². The third-order valence-corrected chi connectivity index (χ3v) is 4.16. The number of carbonyl (C=O) groups excluding carboxylic acids is 1. The second-order valence-corrected chi connectivity index (χ2v) is 5.94. The Balaban J connectivity index is 1.90. The van der Waals surface area contributed by atoms with Crippen LogP contribution in [0.2, 0.25) is 5.02 Å². The lowest BCUT2D eigenvalue weighted by Crippen LogP contribution is -2.32. The Bertz CT molecular complexity index is 729. The molecule has 0 aliphatic carbocycles. The maximum Gasteiger partial charge on any atom is 0.321 e. The van der Waals surface area contributed by atoms with Gasteiger partial charge in [0.05, 0.1) is 0 Å². The molecule has 0 bridgehead atoms. The third-order valence-electron chi connectivity index (χ3n) is 3.75. The van der Waals surface area contributed by atoms with Crippen molar-refractivity contribution in [2.75, 3.05) is 12.0 Å². The summed E-state index contributed by atoms with van der Waals surface area (Å²) in [7, 11) is 0. The third kappa shape index (κ3) is 4.39. The highest BCUT2D eigenvalue weighted by Gasteiger charge is 2.07. The molecule has 0 saturated carbocycles. The molecule has 0 fully saturated rings. The Hall–Kier alpha value is -2.20. The maximum absolute atomic E-state index is 11.9. The highest BCUT2D eigenvalue weighted by molar-refractivity contribution is 6.31. The number of anilines is 1. The van der Waals surface area contributed by atoms with E-state index in [0.29, 0.717) is 10.7 Å². The minimum Gasteiger partial charge on any atom is -0.473 e. The number of halogens is 1. The summed E-state index contributed by atoms with van der Waals surface area (Å²) < 4.78 is 5.70. The molecule has 2 aromatic carbocycles. The zero-order valence-corrected chi connectivity index (χ0v) is 14.5. The molecule has 4 nitrogen and oxygen atoms in total. The first kappa shape index (κ1) is 17.2. The number of ether oxygens (including phenoxy) is 1. The highest BCUT2D eigenvalue weighted by Crippen LogP contribution is 2.25. The molecule has 2 rings (SSSR count). The van der Waals surface area contributed by atoms with E-state index >= 15 is 0 Å². The summed E-state index contributed by atoms with van der Waals surface area (Å²) in [6, 6.07) is 9.09. The molecule has 2 aromatic rings. The summed E-state index contributed by atoms with van der Waals surface area (Å²) in [5.41, 5.74) is 4.88. The van der Waals surface area contributed by atoms with Gasteiger partial charge in [-0.2, -0.15) is 0 Å². The molecule has 0 spiro atoms. The molecule has 0 aliphatic rings. The van der Waals surface area contributed by atoms with Gasteiger partial charge in [-0.25, -0.2) is 4.79 Å². The van der Waals surface area contributed by atoms with E-state index in [1.807, 2.05) is 39.8 Å². The molecule has 2 N–H and O–H groups in total. The molecule has 0 heterocycles. The van der Waals surface area contributed by atoms with Crippen molar-refractivity contribution in [3.05, 3.63) is 57.6 Å². The number of hydrogen-bond donors (Lipinski definition) is 2. The van der Waals surface area contributed by atoms with E-state index in [1.54, 1.807) is 12.1 Å². The number of rotatable bonds is 4. The zero-order valence-electron chi connectivity index (χ0n) is 13.8. The number of hydrogen-bond acceptors (Lipinski definition) is 2. The second kappa shape index (κ2) is 7.38. The maximum atomic E-state index is 11.9. The van der Waals surface area contributed by atoms with Crippen LogP contribution in [-0.2, 0) is 0 Å². The van der Waals surface area contributed by atoms with E-state index in [0.717, 1.165) is 28.0 Å². The van der Waals surface area contributed by atoms with Gasteiger partial charge in [0.2, 0.25) is 0 Å². The fourth-order valence-electron chi connectivity index (χ4n) is 2.17. The Morgan fingerprint density at radius 3 is 2.39 bits per heavy atom. The van der Waals surface area contributed by atoms with Gasteiger partial charge < -0.3 is 15.4 Å². The van der Waals surface area contributed by atoms with Crippen molar-refractivity contribution >= 4 is 23.3 Å². The van der Waals surface area contributed by atoms with E-state index in [1.165, 1.54) is 0 Å². The van der Waals surface area contributed by atoms with Gasteiger partial charge in [0, 0.05) is 10.7 Å². The van der Waals surface area contributed by atoms with Crippen LogP contribution in [0.25, 0.3) is 0 Å². The fraction of sp³-hybridized carbons (Fsp3) is 0.278. The number of carbonyl (C=O) groups is 1. The summed E-state index contributed by atoms with van der Waals surface area (Å²) in [4.78, 5) is 11.9. The molecule has 5 heteroatoms. The first-order valence-corrected chi connectivity index (χ1v) is 7.77. The van der Waals surface area contributed by atoms with Crippen molar-refractivity contribution in [2.24, 2.45) is 0 Å². The van der Waals surface area contributed by atoms with E-state index in [-0.39, 0.29) is 12.8 Å². The van der Waals surface area contributed by atoms with Crippen molar-refractivity contribution in [1.29, 1.82) is 0 Å². The van der Waals surface area contributed by atoms with Crippen LogP contribution in [0.1, 0.15) is 22.3 Å². The SMILES string of the molecule is Cc1ccc(NC(=O)NCOc2c(C)ccc(C)c2C)cc1Cl. The van der Waals surface area contributed by atoms with E-state index < -0.39 is 0 Å². The monoisotopic (exact) mass is 332 g/mol. The second-order valence-electron chi connectivity index (χ2n) is 5.54. The topological polar surface area (TPSA) is 50.4 Å². The van der Waals surface area contributed by atoms with E-state index in [4.69, 9.17) is 16.3 Å². The first-order valence-electron chi connectivity index (χ1n) is 7.39. The normalized spacial score (nSPS) is 10.3. The fourth-order valence-corrected chi connectivity index (χ4v) is 2.35. The highest BCUT2D eigenvalue weighted by atomic mass is 35.5. The van der Waals surface area contributed by atoms with Crippen molar-refractivity contribution < 1.29 is 9.53 Å². The molecule has 2 amide bonds. The molecule has 0 aromatic heterocycles. The molecule has 0 saturated heterocycles. The predicted molar refractivity (Wildman–Crippen MR) is 94.5 cm³/mol. The zero-order chi connectivity index (χ0) is 17.0. The minimum atomic E-state index is -0.340. The van der Waals surface area contributed by atoms with Crippen molar-refractivity contribution in [2.45, 2.75) is 27.7 Å². The quantitative estimate of drug-likeness (QED) is 0.795. The summed E-state index contributed by atoms with van der Waals surface area (Å²) in [5.74, 6) is 0.809. The van der Waals surface area contributed by atoms with Crippen LogP contribution in [0.5, 0.6) is 5.75 Å². The molecule has 23 heavy (non-hydrogen) atoms. The molecule has 0 aliphatic heterocycles. The van der Waals surface area contributed by atoms with Crippen molar-refractivity contribution in [3.63, 3.8) is 0 Å². The van der Waals surface area contributed by atoms with Gasteiger partial charge in [0.15, 0.2) is 6.73 Å². The van der Waals surface area contributed by atoms with Crippen LogP contribution in [0.15, 0.2) is 30.3 Å². The summed E-state index contributed by atoms with van der Waals surface area (Å²) in [6.07, 6.45) is 0. The Morgan fingerprint density at radius 2 is 1.70 bits per heavy atom. The molecular formula is C18H21ClN2O2. The van der Waals surface area contributed by atoms with E-state index in [2.05, 4.69) is 16.7 Å². The van der Waals surface area contributed by atoms with E-state index in [9.17, 15) is 4.79 Å². The molecule has 122 valence electrons. The number of urea groups is 1. The van der Waals surface area contributed by atoms with Gasteiger partial charge in [0.25, 0.3) is 0 Å². The van der Waals surface area contributed by atoms with Crippen LogP contribution in [-0.4, -0.2) is 12.8 Å². The standard InChI is InChI=1S/C18H21ClN2O2/c1-11-5-6-13(3)17(14(11)4)23-10-20-18(22)21-15-8-7-12(2)16(19)9-15/h5-9H,10H2,1-4H3,(H2,20,21,22). The van der Waals surface area contributed by atoms with Crippen molar-refractivity contribution in [3.8, 4) is 5.75 Å². The Morgan fingerprint density at radius 1 is 1.04 bits per heavy atom. The van der Waals surface area contributed by atoms with Crippen LogP contribution in [0, 0.1) is 27.7 Å². The minimum absolute atomic E-state index is 0.0938. The largest absolute Gasteiger partial charge is 0.473 e. The van der Waals surface area contributed by atoms with Gasteiger partial charge in [-0.1, -0.05) is 29.8 Å². The molecule has 0 radical (unpaired) electrons.